The predicted molar refractivity (Wildman–Crippen MR) is 367 cm³/mol. The molecule has 26 nitrogen and oxygen atoms in total. The smallest absolute Gasteiger partial charge is 0.243 e. The third-order valence-corrected chi connectivity index (χ3v) is 17.9. The lowest BCUT2D eigenvalue weighted by atomic mass is 10.0. The van der Waals surface area contributed by atoms with Crippen molar-refractivity contribution in [3.05, 3.63) is 84.2 Å². The minimum Gasteiger partial charge on any atom is -0.370 e. The van der Waals surface area contributed by atoms with E-state index in [0.29, 0.717) is 120 Å². The third-order valence-electron chi connectivity index (χ3n) is 16.4. The van der Waals surface area contributed by atoms with Crippen molar-refractivity contribution in [2.75, 3.05) is 104 Å². The third kappa shape index (κ3) is 30.4. The summed E-state index contributed by atoms with van der Waals surface area (Å²) in [7, 11) is 0. The van der Waals surface area contributed by atoms with Crippen molar-refractivity contribution in [1.29, 1.82) is 0 Å². The maximum Gasteiger partial charge on any atom is 0.243 e. The monoisotopic (exact) mass is 1320 g/mol. The fraction of sp³-hybridized carbons (Fsp3) is 0.636. The Morgan fingerprint density at radius 1 is 0.591 bits per heavy atom. The lowest BCUT2D eigenvalue weighted by Crippen LogP contribution is -2.53. The largest absolute Gasteiger partial charge is 0.370 e. The molecule has 0 bridgehead atoms. The maximum absolute atomic E-state index is 15.0. The van der Waals surface area contributed by atoms with Crippen molar-refractivity contribution < 1.29 is 43.2 Å². The second kappa shape index (κ2) is 44.9. The molecule has 2 aromatic carbocycles. The first-order valence-corrected chi connectivity index (χ1v) is 34.2. The Kier molecular flexibility index (Phi) is 38.5. The van der Waals surface area contributed by atoms with Crippen LogP contribution in [0, 0.1) is 0 Å². The van der Waals surface area contributed by atoms with Gasteiger partial charge >= 0.3 is 0 Å². The minimum atomic E-state index is -1.06. The van der Waals surface area contributed by atoms with E-state index in [1.165, 1.54) is 74.7 Å². The summed E-state index contributed by atoms with van der Waals surface area (Å²) in [4.78, 5) is 135. The van der Waals surface area contributed by atoms with Crippen molar-refractivity contribution in [1.82, 2.24) is 50.7 Å². The summed E-state index contributed by atoms with van der Waals surface area (Å²) < 4.78 is 0. The fourth-order valence-corrected chi connectivity index (χ4v) is 12.5. The number of hydrogen-bond acceptors (Lipinski definition) is 16. The number of fused-ring (bicyclic) bond motifs is 1. The molecule has 9 amide bonds. The Labute approximate surface area is 556 Å². The number of benzene rings is 2. The minimum absolute atomic E-state index is 0.0527. The van der Waals surface area contributed by atoms with Crippen molar-refractivity contribution >= 4 is 70.9 Å². The zero-order chi connectivity index (χ0) is 68.7. The van der Waals surface area contributed by atoms with Gasteiger partial charge in [-0.1, -0.05) is 93.4 Å². The topological polar surface area (TPSA) is 390 Å². The van der Waals surface area contributed by atoms with E-state index in [1.54, 1.807) is 62.4 Å². The lowest BCUT2D eigenvalue weighted by Gasteiger charge is -2.35. The molecule has 0 spiro atoms. The van der Waals surface area contributed by atoms with E-state index in [1.807, 2.05) is 12.1 Å². The standard InChI is InChI=1S/C55H91N15O9.C11H20N2S/c1-41(45-21-7-5-8-22-45)69(35-48(73)64-47(54(59)79)25-11-15-29-62-43(3)71)52(77)38-68(33-19-14-28-58)51(76)40-70(42(2)46-23-9-6-10-24-46)53(78)39-67(34-20-16-30-63-55(60)61)50(75)37-66(32-18-13-27-57)49(74)36-65(44(4)72)31-17-12-26-56;1-3-4-5-6-10-11-9(7-14-10)12-8(2)13-11/h5-10,21-24,41-42,47H,11-20,25-40,56-58H2,1-4H3,(H2,59,79)(H,62,71)(H,64,73)(H4,60,61,63);9-13H,2-7H2,1H3/t41-,42-,47-;9-,10?,11-/m00/s1. The van der Waals surface area contributed by atoms with Crippen LogP contribution in [-0.4, -0.2) is 216 Å². The highest BCUT2D eigenvalue weighted by Crippen LogP contribution is 2.34. The molecule has 93 heavy (non-hydrogen) atoms. The molecule has 2 heterocycles. The van der Waals surface area contributed by atoms with E-state index in [-0.39, 0.29) is 56.9 Å². The van der Waals surface area contributed by atoms with Crippen molar-refractivity contribution in [3.63, 3.8) is 0 Å². The molecule has 2 aliphatic rings. The quantitative estimate of drug-likeness (QED) is 0.0258. The number of guanidine groups is 1. The summed E-state index contributed by atoms with van der Waals surface area (Å²) in [6.45, 7) is 12.0. The van der Waals surface area contributed by atoms with Gasteiger partial charge in [0, 0.05) is 64.1 Å². The number of unbranched alkanes of at least 4 members (excludes halogenated alkanes) is 7. The molecule has 27 heteroatoms. The van der Waals surface area contributed by atoms with Crippen LogP contribution in [0.4, 0.5) is 0 Å². The van der Waals surface area contributed by atoms with Gasteiger partial charge in [0.25, 0.3) is 0 Å². The second-order valence-corrected chi connectivity index (χ2v) is 25.1. The van der Waals surface area contributed by atoms with Gasteiger partial charge in [-0.2, -0.15) is 11.8 Å². The lowest BCUT2D eigenvalue weighted by molar-refractivity contribution is -0.149. The molecule has 0 aliphatic carbocycles. The van der Waals surface area contributed by atoms with Crippen LogP contribution in [0.25, 0.3) is 0 Å². The summed E-state index contributed by atoms with van der Waals surface area (Å²) in [5, 5.41) is 13.0. The highest BCUT2D eigenvalue weighted by atomic mass is 32.2. The van der Waals surface area contributed by atoms with Crippen LogP contribution in [0.1, 0.15) is 154 Å². The van der Waals surface area contributed by atoms with Gasteiger partial charge in [0.05, 0.1) is 56.2 Å². The maximum atomic E-state index is 15.0. The van der Waals surface area contributed by atoms with Crippen LogP contribution in [0.15, 0.2) is 78.1 Å². The molecule has 520 valence electrons. The number of carbonyl (C=O) groups excluding carboxylic acids is 9. The Morgan fingerprint density at radius 3 is 1.54 bits per heavy atom. The summed E-state index contributed by atoms with van der Waals surface area (Å²) in [5.74, 6) is -2.58. The Morgan fingerprint density at radius 2 is 1.06 bits per heavy atom. The van der Waals surface area contributed by atoms with Crippen LogP contribution < -0.4 is 55.7 Å². The van der Waals surface area contributed by atoms with Gasteiger partial charge in [0.1, 0.15) is 19.1 Å². The number of nitrogens with zero attached hydrogens (tertiary/aromatic N) is 7. The fourth-order valence-electron chi connectivity index (χ4n) is 10.9. The van der Waals surface area contributed by atoms with Crippen LogP contribution in [0.5, 0.6) is 0 Å². The van der Waals surface area contributed by atoms with E-state index in [0.717, 1.165) is 11.1 Å². The Hall–Kier alpha value is -7.49. The van der Waals surface area contributed by atoms with E-state index >= 15 is 0 Å². The van der Waals surface area contributed by atoms with E-state index in [9.17, 15) is 43.2 Å². The number of hydrogen-bond donors (Lipinski definition) is 10. The molecule has 6 atom stereocenters. The zero-order valence-corrected chi connectivity index (χ0v) is 56.9. The molecule has 4 rings (SSSR count). The average Bonchev–Trinajstić information content (AvgIpc) is 1.79. The summed E-state index contributed by atoms with van der Waals surface area (Å²) in [5.41, 5.74) is 35.6. The van der Waals surface area contributed by atoms with Crippen LogP contribution >= 0.6 is 11.8 Å². The molecular formula is C66H111N17O9S. The van der Waals surface area contributed by atoms with Gasteiger partial charge in [0.15, 0.2) is 5.96 Å². The number of nitrogens with two attached hydrogens (primary N) is 6. The van der Waals surface area contributed by atoms with Gasteiger partial charge in [-0.3, -0.25) is 48.1 Å². The molecule has 2 saturated heterocycles. The molecule has 1 unspecified atom stereocenters. The average molecular weight is 1320 g/mol. The molecule has 2 aliphatic heterocycles. The highest BCUT2D eigenvalue weighted by Gasteiger charge is 2.41. The molecule has 0 saturated carbocycles. The van der Waals surface area contributed by atoms with Gasteiger partial charge < -0.3 is 85.1 Å². The first-order valence-electron chi connectivity index (χ1n) is 33.1. The van der Waals surface area contributed by atoms with E-state index < -0.39 is 92.2 Å². The van der Waals surface area contributed by atoms with Gasteiger partial charge in [-0.25, -0.2) is 0 Å². The van der Waals surface area contributed by atoms with Crippen LogP contribution in [0.2, 0.25) is 0 Å². The Bertz CT molecular complexity index is 2660. The number of rotatable bonds is 44. The molecule has 0 radical (unpaired) electrons. The van der Waals surface area contributed by atoms with Gasteiger partial charge in [-0.05, 0) is 122 Å². The molecule has 2 aromatic rings. The zero-order valence-electron chi connectivity index (χ0n) is 56.0. The number of aliphatic imine (C=N–C) groups is 1. The summed E-state index contributed by atoms with van der Waals surface area (Å²) >= 11 is 2.12. The van der Waals surface area contributed by atoms with E-state index in [2.05, 4.69) is 51.5 Å². The first-order chi connectivity index (χ1) is 44.5. The van der Waals surface area contributed by atoms with E-state index in [4.69, 9.17) is 34.4 Å². The normalized spacial score (nSPS) is 15.5. The van der Waals surface area contributed by atoms with Crippen LogP contribution in [0.3, 0.4) is 0 Å². The van der Waals surface area contributed by atoms with Crippen molar-refractivity contribution in [2.24, 2.45) is 39.4 Å². The number of carbonyl (C=O) groups is 9. The summed E-state index contributed by atoms with van der Waals surface area (Å²) in [6.07, 6.45) is 10.6. The molecular weight excluding hydrogens is 1210 g/mol. The second-order valence-electron chi connectivity index (χ2n) is 23.9. The Balaban J connectivity index is 0.00000140. The number of amides is 9. The van der Waals surface area contributed by atoms with Gasteiger partial charge in [0.2, 0.25) is 53.2 Å². The number of nitrogens with one attached hydrogen (secondary N) is 4. The van der Waals surface area contributed by atoms with Gasteiger partial charge in [-0.15, -0.1) is 0 Å². The summed E-state index contributed by atoms with van der Waals surface area (Å²) in [6, 6.07) is 16.8. The molecule has 16 N–H and O–H groups in total. The first kappa shape index (κ1) is 79.7. The highest BCUT2D eigenvalue weighted by molar-refractivity contribution is 8.00. The number of thioether (sulfide) groups is 1. The SMILES string of the molecule is C=C1N[C@H]2CSC(CCCCC)[C@H]2N1.CC(=O)NCCCC[C@H](NC(=O)CN(C(=O)CN(CCCCN)C(=O)CN(C(=O)CN(CCCCN=C(N)N)C(=O)CN(CCCCN)C(=O)CN(CCCCN)C(C)=O)[C@@H](C)c1ccccc1)[C@@H](C)c1ccccc1)C(N)=O. The molecule has 0 aromatic heterocycles. The van der Waals surface area contributed by atoms with Crippen molar-refractivity contribution in [2.45, 2.75) is 166 Å². The van der Waals surface area contributed by atoms with Crippen LogP contribution in [-0.2, 0) is 43.2 Å². The predicted octanol–water partition coefficient (Wildman–Crippen LogP) is 2.13. The molecule has 2 fully saturated rings. The van der Waals surface area contributed by atoms with Crippen molar-refractivity contribution in [3.8, 4) is 0 Å². The number of primary amides is 1.